The Bertz CT molecular complexity index is 300. The molecule has 0 radical (unpaired) electrons. The Balaban J connectivity index is 2.06. The largest absolute Gasteiger partial charge is 0.348 e. The second-order valence-corrected chi connectivity index (χ2v) is 5.44. The fourth-order valence-electron chi connectivity index (χ4n) is 2.63. The van der Waals surface area contributed by atoms with Crippen molar-refractivity contribution >= 4 is 0 Å². The molecule has 1 heterocycles. The highest BCUT2D eigenvalue weighted by atomic mass is 16.7. The molecule has 15 heavy (non-hydrogen) atoms. The van der Waals surface area contributed by atoms with Crippen molar-refractivity contribution in [1.82, 2.24) is 0 Å². The zero-order chi connectivity index (χ0) is 11.4. The fourth-order valence-corrected chi connectivity index (χ4v) is 2.63. The van der Waals surface area contributed by atoms with Gasteiger partial charge in [-0.05, 0) is 13.8 Å². The van der Waals surface area contributed by atoms with E-state index in [9.17, 15) is 10.1 Å². The topological polar surface area (TPSA) is 61.6 Å². The van der Waals surface area contributed by atoms with Gasteiger partial charge in [-0.1, -0.05) is 13.8 Å². The van der Waals surface area contributed by atoms with Gasteiger partial charge in [0.05, 0.1) is 18.6 Å². The van der Waals surface area contributed by atoms with Crippen molar-refractivity contribution in [3.05, 3.63) is 10.1 Å². The van der Waals surface area contributed by atoms with Gasteiger partial charge in [-0.3, -0.25) is 10.1 Å². The standard InChI is InChI=1S/C10H17NO4/c1-9(2)7(8(9)11(12)13)6-5-14-10(3,4)15-6/h6-8H,5H2,1-4H3/t6-,7+,8+/m1/s1. The monoisotopic (exact) mass is 215 g/mol. The third-order valence-electron chi connectivity index (χ3n) is 3.51. The van der Waals surface area contributed by atoms with E-state index in [0.29, 0.717) is 6.61 Å². The quantitative estimate of drug-likeness (QED) is 0.516. The minimum absolute atomic E-state index is 0.0192. The second kappa shape index (κ2) is 2.92. The molecule has 5 heteroatoms. The van der Waals surface area contributed by atoms with Crippen molar-refractivity contribution < 1.29 is 14.4 Å². The molecule has 5 nitrogen and oxygen atoms in total. The van der Waals surface area contributed by atoms with Crippen LogP contribution in [0.5, 0.6) is 0 Å². The molecule has 2 aliphatic rings. The van der Waals surface area contributed by atoms with Gasteiger partial charge >= 0.3 is 0 Å². The summed E-state index contributed by atoms with van der Waals surface area (Å²) >= 11 is 0. The molecule has 3 atom stereocenters. The van der Waals surface area contributed by atoms with Gasteiger partial charge in [0.2, 0.25) is 6.04 Å². The molecule has 0 unspecified atom stereocenters. The Morgan fingerprint density at radius 2 is 1.93 bits per heavy atom. The lowest BCUT2D eigenvalue weighted by atomic mass is 10.1. The predicted octanol–water partition coefficient (Wildman–Crippen LogP) is 1.44. The summed E-state index contributed by atoms with van der Waals surface area (Å²) in [6.07, 6.45) is -0.134. The molecule has 0 spiro atoms. The van der Waals surface area contributed by atoms with Gasteiger partial charge in [-0.25, -0.2) is 0 Å². The van der Waals surface area contributed by atoms with E-state index >= 15 is 0 Å². The molecular formula is C10H17NO4. The minimum atomic E-state index is -0.593. The summed E-state index contributed by atoms with van der Waals surface area (Å²) in [5.74, 6) is -0.612. The van der Waals surface area contributed by atoms with E-state index in [1.165, 1.54) is 0 Å². The molecule has 0 aromatic rings. The van der Waals surface area contributed by atoms with Crippen molar-refractivity contribution in [2.75, 3.05) is 6.61 Å². The first-order chi connectivity index (χ1) is 6.76. The van der Waals surface area contributed by atoms with Gasteiger partial charge in [-0.2, -0.15) is 0 Å². The first-order valence-electron chi connectivity index (χ1n) is 5.21. The summed E-state index contributed by atoms with van der Waals surface area (Å²) in [5, 5.41) is 10.8. The summed E-state index contributed by atoms with van der Waals surface area (Å²) in [5.41, 5.74) is -0.266. The number of nitro groups is 1. The van der Waals surface area contributed by atoms with Crippen LogP contribution in [0.25, 0.3) is 0 Å². The Kier molecular flexibility index (Phi) is 2.11. The molecule has 0 aromatic carbocycles. The Hall–Kier alpha value is -0.680. The summed E-state index contributed by atoms with van der Waals surface area (Å²) in [4.78, 5) is 10.6. The maximum absolute atomic E-state index is 10.8. The van der Waals surface area contributed by atoms with E-state index in [1.807, 2.05) is 27.7 Å². The van der Waals surface area contributed by atoms with E-state index in [0.717, 1.165) is 0 Å². The molecule has 0 N–H and O–H groups in total. The van der Waals surface area contributed by atoms with Crippen molar-refractivity contribution in [3.8, 4) is 0 Å². The van der Waals surface area contributed by atoms with Crippen molar-refractivity contribution in [2.24, 2.45) is 11.3 Å². The Labute approximate surface area is 88.9 Å². The molecule has 2 rings (SSSR count). The number of ether oxygens (including phenoxy) is 2. The van der Waals surface area contributed by atoms with Crippen LogP contribution in [0.15, 0.2) is 0 Å². The van der Waals surface area contributed by atoms with Gasteiger partial charge in [0.25, 0.3) is 0 Å². The van der Waals surface area contributed by atoms with Crippen LogP contribution in [-0.2, 0) is 9.47 Å². The Morgan fingerprint density at radius 1 is 1.33 bits per heavy atom. The van der Waals surface area contributed by atoms with Crippen LogP contribution in [-0.4, -0.2) is 29.5 Å². The Morgan fingerprint density at radius 3 is 2.27 bits per heavy atom. The van der Waals surface area contributed by atoms with Gasteiger partial charge < -0.3 is 9.47 Å². The van der Waals surface area contributed by atoms with Gasteiger partial charge in [0, 0.05) is 10.3 Å². The SMILES string of the molecule is CC1(C)OC[C@H]([C@H]2[C@H]([N+](=O)[O-])C2(C)C)O1. The van der Waals surface area contributed by atoms with Crippen LogP contribution in [0.1, 0.15) is 27.7 Å². The highest BCUT2D eigenvalue weighted by Crippen LogP contribution is 2.57. The van der Waals surface area contributed by atoms with Gasteiger partial charge in [0.15, 0.2) is 5.79 Å². The van der Waals surface area contributed by atoms with Crippen molar-refractivity contribution in [3.63, 3.8) is 0 Å². The van der Waals surface area contributed by atoms with Crippen LogP contribution >= 0.6 is 0 Å². The lowest BCUT2D eigenvalue weighted by molar-refractivity contribution is -0.505. The maximum Gasteiger partial charge on any atom is 0.224 e. The summed E-state index contributed by atoms with van der Waals surface area (Å²) in [6, 6.07) is -0.486. The van der Waals surface area contributed by atoms with E-state index in [2.05, 4.69) is 0 Å². The van der Waals surface area contributed by atoms with E-state index in [-0.39, 0.29) is 22.4 Å². The fraction of sp³-hybridized carbons (Fsp3) is 1.00. The highest BCUT2D eigenvalue weighted by molar-refractivity contribution is 5.10. The zero-order valence-corrected chi connectivity index (χ0v) is 9.52. The maximum atomic E-state index is 10.8. The molecule has 0 bridgehead atoms. The molecule has 1 saturated carbocycles. The van der Waals surface area contributed by atoms with Crippen LogP contribution in [0.2, 0.25) is 0 Å². The van der Waals surface area contributed by atoms with Gasteiger partial charge in [-0.15, -0.1) is 0 Å². The molecular weight excluding hydrogens is 198 g/mol. The average Bonchev–Trinajstić information content (AvgIpc) is 2.43. The second-order valence-electron chi connectivity index (χ2n) is 5.44. The van der Waals surface area contributed by atoms with Crippen LogP contribution in [0, 0.1) is 21.4 Å². The molecule has 0 aromatic heterocycles. The van der Waals surface area contributed by atoms with E-state index in [4.69, 9.17) is 9.47 Å². The van der Waals surface area contributed by atoms with Crippen LogP contribution in [0.4, 0.5) is 0 Å². The number of hydrogen-bond acceptors (Lipinski definition) is 4. The zero-order valence-electron chi connectivity index (χ0n) is 9.52. The smallest absolute Gasteiger partial charge is 0.224 e. The summed E-state index contributed by atoms with van der Waals surface area (Å²) < 4.78 is 11.1. The van der Waals surface area contributed by atoms with Crippen molar-refractivity contribution in [2.45, 2.75) is 45.6 Å². The van der Waals surface area contributed by atoms with Crippen molar-refractivity contribution in [1.29, 1.82) is 0 Å². The highest BCUT2D eigenvalue weighted by Gasteiger charge is 2.71. The van der Waals surface area contributed by atoms with E-state index in [1.54, 1.807) is 0 Å². The molecule has 1 saturated heterocycles. The number of hydrogen-bond donors (Lipinski definition) is 0. The number of nitrogens with zero attached hydrogens (tertiary/aromatic N) is 1. The predicted molar refractivity (Wildman–Crippen MR) is 53.0 cm³/mol. The molecule has 1 aliphatic heterocycles. The molecule has 86 valence electrons. The summed E-state index contributed by atoms with van der Waals surface area (Å²) in [6.45, 7) is 7.97. The molecule has 0 amide bonds. The molecule has 1 aliphatic carbocycles. The number of rotatable bonds is 2. The average molecular weight is 215 g/mol. The van der Waals surface area contributed by atoms with Gasteiger partial charge in [0.1, 0.15) is 0 Å². The normalized spacial score (nSPS) is 41.5. The minimum Gasteiger partial charge on any atom is -0.348 e. The third-order valence-corrected chi connectivity index (χ3v) is 3.51. The third kappa shape index (κ3) is 1.63. The van der Waals surface area contributed by atoms with Crippen LogP contribution in [0.3, 0.4) is 0 Å². The lowest BCUT2D eigenvalue weighted by Crippen LogP contribution is -2.24. The molecule has 2 fully saturated rings. The van der Waals surface area contributed by atoms with Crippen LogP contribution < -0.4 is 0 Å². The van der Waals surface area contributed by atoms with E-state index < -0.39 is 11.8 Å². The first-order valence-corrected chi connectivity index (χ1v) is 5.21. The lowest BCUT2D eigenvalue weighted by Gasteiger charge is -2.16. The summed E-state index contributed by atoms with van der Waals surface area (Å²) in [7, 11) is 0. The first kappa shape index (κ1) is 10.8.